The molecule has 0 heterocycles. The van der Waals surface area contributed by atoms with Crippen LogP contribution < -0.4 is 5.73 Å². The maximum atomic E-state index is 14.2. The largest absolute Gasteiger partial charge is 0.320 e. The zero-order valence-corrected chi connectivity index (χ0v) is 13.3. The summed E-state index contributed by atoms with van der Waals surface area (Å²) in [5.74, 6) is 5.44. The third kappa shape index (κ3) is 6.75. The van der Waals surface area contributed by atoms with E-state index in [2.05, 4.69) is 30.6 Å². The standard InChI is InChI=1S/C18H27FN2/c1-3-5-12-21(13-6-4-2)15-17-10-9-16(8-7-11-20)14-18(17)19/h9-10,14H,3-6,11-13,15,20H2,1-2H3. The molecule has 0 fully saturated rings. The van der Waals surface area contributed by atoms with Gasteiger partial charge >= 0.3 is 0 Å². The van der Waals surface area contributed by atoms with Crippen molar-refractivity contribution in [2.45, 2.75) is 46.1 Å². The molecule has 0 amide bonds. The first kappa shape index (κ1) is 17.7. The Morgan fingerprint density at radius 1 is 1.14 bits per heavy atom. The van der Waals surface area contributed by atoms with Crippen molar-refractivity contribution in [2.75, 3.05) is 19.6 Å². The summed E-state index contributed by atoms with van der Waals surface area (Å²) in [6, 6.07) is 5.23. The number of hydrogen-bond donors (Lipinski definition) is 1. The molecular formula is C18H27FN2. The third-order valence-electron chi connectivity index (χ3n) is 3.44. The Labute approximate surface area is 128 Å². The zero-order chi connectivity index (χ0) is 15.5. The van der Waals surface area contributed by atoms with Gasteiger partial charge in [0, 0.05) is 17.7 Å². The van der Waals surface area contributed by atoms with Crippen molar-refractivity contribution in [3.63, 3.8) is 0 Å². The second-order valence-electron chi connectivity index (χ2n) is 5.30. The van der Waals surface area contributed by atoms with Crippen LogP contribution in [0.2, 0.25) is 0 Å². The number of benzene rings is 1. The molecule has 0 unspecified atom stereocenters. The monoisotopic (exact) mass is 290 g/mol. The molecule has 1 aromatic rings. The molecule has 0 aliphatic heterocycles. The molecule has 116 valence electrons. The molecule has 0 radical (unpaired) electrons. The number of unbranched alkanes of at least 4 members (excludes halogenated alkanes) is 2. The van der Waals surface area contributed by atoms with Crippen LogP contribution in [0, 0.1) is 17.7 Å². The summed E-state index contributed by atoms with van der Waals surface area (Å²) in [6.07, 6.45) is 4.65. The highest BCUT2D eigenvalue weighted by molar-refractivity contribution is 5.37. The van der Waals surface area contributed by atoms with E-state index in [-0.39, 0.29) is 5.82 Å². The second-order valence-corrected chi connectivity index (χ2v) is 5.30. The Hall–Kier alpha value is -1.37. The fraction of sp³-hybridized carbons (Fsp3) is 0.556. The lowest BCUT2D eigenvalue weighted by Crippen LogP contribution is -2.26. The minimum Gasteiger partial charge on any atom is -0.320 e. The molecule has 1 aromatic carbocycles. The predicted molar refractivity (Wildman–Crippen MR) is 87.4 cm³/mol. The van der Waals surface area contributed by atoms with E-state index in [1.807, 2.05) is 12.1 Å². The lowest BCUT2D eigenvalue weighted by atomic mass is 10.1. The Morgan fingerprint density at radius 2 is 1.81 bits per heavy atom. The van der Waals surface area contributed by atoms with Gasteiger partial charge in [0.1, 0.15) is 5.82 Å². The molecule has 0 saturated carbocycles. The summed E-state index contributed by atoms with van der Waals surface area (Å²) in [7, 11) is 0. The Kier molecular flexibility index (Phi) is 8.73. The van der Waals surface area contributed by atoms with Crippen molar-refractivity contribution in [1.29, 1.82) is 0 Å². The predicted octanol–water partition coefficient (Wildman–Crippen LogP) is 3.54. The van der Waals surface area contributed by atoms with E-state index in [9.17, 15) is 4.39 Å². The Morgan fingerprint density at radius 3 is 2.33 bits per heavy atom. The highest BCUT2D eigenvalue weighted by atomic mass is 19.1. The number of rotatable bonds is 8. The van der Waals surface area contributed by atoms with Crippen LogP contribution in [-0.4, -0.2) is 24.5 Å². The molecule has 0 saturated heterocycles. The number of nitrogens with zero attached hydrogens (tertiary/aromatic N) is 1. The molecular weight excluding hydrogens is 263 g/mol. The first-order valence-electron chi connectivity index (χ1n) is 7.91. The van der Waals surface area contributed by atoms with Gasteiger partial charge in [-0.05, 0) is 38.1 Å². The third-order valence-corrected chi connectivity index (χ3v) is 3.44. The van der Waals surface area contributed by atoms with E-state index >= 15 is 0 Å². The highest BCUT2D eigenvalue weighted by Crippen LogP contribution is 2.14. The summed E-state index contributed by atoms with van der Waals surface area (Å²) in [5.41, 5.74) is 6.77. The lowest BCUT2D eigenvalue weighted by molar-refractivity contribution is 0.253. The maximum Gasteiger partial charge on any atom is 0.128 e. The van der Waals surface area contributed by atoms with Gasteiger partial charge in [0.25, 0.3) is 0 Å². The van der Waals surface area contributed by atoms with Crippen molar-refractivity contribution in [2.24, 2.45) is 5.73 Å². The molecule has 3 heteroatoms. The van der Waals surface area contributed by atoms with E-state index in [0.29, 0.717) is 18.7 Å². The molecule has 0 aliphatic carbocycles. The van der Waals surface area contributed by atoms with Gasteiger partial charge in [-0.1, -0.05) is 44.6 Å². The summed E-state index contributed by atoms with van der Waals surface area (Å²) in [6.45, 7) is 7.41. The van der Waals surface area contributed by atoms with Gasteiger partial charge in [0.05, 0.1) is 6.54 Å². The first-order chi connectivity index (χ1) is 10.2. The van der Waals surface area contributed by atoms with Gasteiger partial charge in [0.2, 0.25) is 0 Å². The SMILES string of the molecule is CCCCN(CCCC)Cc1ccc(C#CCN)cc1F. The van der Waals surface area contributed by atoms with E-state index in [1.54, 1.807) is 0 Å². The molecule has 0 aromatic heterocycles. The quantitative estimate of drug-likeness (QED) is 0.742. The van der Waals surface area contributed by atoms with E-state index in [4.69, 9.17) is 5.73 Å². The second kappa shape index (κ2) is 10.4. The van der Waals surface area contributed by atoms with E-state index < -0.39 is 0 Å². The number of hydrogen-bond acceptors (Lipinski definition) is 2. The van der Waals surface area contributed by atoms with Crippen LogP contribution in [0.1, 0.15) is 50.7 Å². The van der Waals surface area contributed by atoms with Crippen LogP contribution in [0.3, 0.4) is 0 Å². The van der Waals surface area contributed by atoms with Crippen molar-refractivity contribution < 1.29 is 4.39 Å². The smallest absolute Gasteiger partial charge is 0.128 e. The number of halogens is 1. The van der Waals surface area contributed by atoms with Gasteiger partial charge in [-0.15, -0.1) is 0 Å². The van der Waals surface area contributed by atoms with E-state index in [0.717, 1.165) is 31.5 Å². The van der Waals surface area contributed by atoms with Crippen molar-refractivity contribution in [3.05, 3.63) is 35.1 Å². The van der Waals surface area contributed by atoms with Crippen LogP contribution in [0.25, 0.3) is 0 Å². The van der Waals surface area contributed by atoms with Crippen molar-refractivity contribution in [1.82, 2.24) is 4.90 Å². The average Bonchev–Trinajstić information content (AvgIpc) is 2.49. The van der Waals surface area contributed by atoms with Gasteiger partial charge in [-0.25, -0.2) is 4.39 Å². The molecule has 0 bridgehead atoms. The topological polar surface area (TPSA) is 29.3 Å². The Balaban J connectivity index is 2.73. The molecule has 0 aliphatic rings. The van der Waals surface area contributed by atoms with Gasteiger partial charge < -0.3 is 5.73 Å². The van der Waals surface area contributed by atoms with Crippen LogP contribution in [0.15, 0.2) is 18.2 Å². The van der Waals surface area contributed by atoms with Crippen molar-refractivity contribution >= 4 is 0 Å². The summed E-state index contributed by atoms with van der Waals surface area (Å²) < 4.78 is 14.2. The highest BCUT2D eigenvalue weighted by Gasteiger charge is 2.09. The minimum atomic E-state index is -0.170. The Bertz CT molecular complexity index is 466. The molecule has 2 nitrogen and oxygen atoms in total. The number of nitrogens with two attached hydrogens (primary N) is 1. The molecule has 0 spiro atoms. The van der Waals surface area contributed by atoms with Gasteiger partial charge in [-0.3, -0.25) is 4.90 Å². The summed E-state index contributed by atoms with van der Waals surface area (Å²) in [5, 5.41) is 0. The van der Waals surface area contributed by atoms with Gasteiger partial charge in [0.15, 0.2) is 0 Å². The minimum absolute atomic E-state index is 0.170. The van der Waals surface area contributed by atoms with Crippen molar-refractivity contribution in [3.8, 4) is 11.8 Å². The van der Waals surface area contributed by atoms with Crippen LogP contribution in [-0.2, 0) is 6.54 Å². The van der Waals surface area contributed by atoms with E-state index in [1.165, 1.54) is 18.9 Å². The summed E-state index contributed by atoms with van der Waals surface area (Å²) >= 11 is 0. The van der Waals surface area contributed by atoms with Gasteiger partial charge in [-0.2, -0.15) is 0 Å². The van der Waals surface area contributed by atoms with Crippen LogP contribution in [0.5, 0.6) is 0 Å². The maximum absolute atomic E-state index is 14.2. The fourth-order valence-corrected chi connectivity index (χ4v) is 2.18. The zero-order valence-electron chi connectivity index (χ0n) is 13.3. The average molecular weight is 290 g/mol. The van der Waals surface area contributed by atoms with Crippen LogP contribution in [0.4, 0.5) is 4.39 Å². The molecule has 1 rings (SSSR count). The molecule has 0 atom stereocenters. The van der Waals surface area contributed by atoms with Crippen LogP contribution >= 0.6 is 0 Å². The normalized spacial score (nSPS) is 10.5. The molecule has 21 heavy (non-hydrogen) atoms. The first-order valence-corrected chi connectivity index (χ1v) is 7.91. The summed E-state index contributed by atoms with van der Waals surface area (Å²) in [4.78, 5) is 2.34. The lowest BCUT2D eigenvalue weighted by Gasteiger charge is -2.22. The fourth-order valence-electron chi connectivity index (χ4n) is 2.18. The molecule has 2 N–H and O–H groups in total.